The molecular weight excluding hydrogens is 296 g/mol. The third-order valence-corrected chi connectivity index (χ3v) is 3.19. The van der Waals surface area contributed by atoms with Crippen LogP contribution in [0.15, 0.2) is 42.6 Å². The zero-order valence-corrected chi connectivity index (χ0v) is 12.7. The molecule has 4 N–H and O–H groups in total. The summed E-state index contributed by atoms with van der Waals surface area (Å²) < 4.78 is 0. The molecule has 0 fully saturated rings. The highest BCUT2D eigenvalue weighted by Gasteiger charge is 2.10. The van der Waals surface area contributed by atoms with E-state index in [1.807, 2.05) is 19.1 Å². The van der Waals surface area contributed by atoms with Crippen LogP contribution in [-0.4, -0.2) is 29.3 Å². The van der Waals surface area contributed by atoms with Gasteiger partial charge in [0.05, 0.1) is 0 Å². The molecule has 0 spiro atoms. The van der Waals surface area contributed by atoms with Gasteiger partial charge in [0.1, 0.15) is 5.69 Å². The number of aromatic amines is 1. The Labute approximate surface area is 133 Å². The molecule has 7 heteroatoms. The first-order valence-corrected chi connectivity index (χ1v) is 7.14. The summed E-state index contributed by atoms with van der Waals surface area (Å²) in [7, 11) is 0. The molecule has 0 saturated heterocycles. The molecular formula is C16H18N4O3. The summed E-state index contributed by atoms with van der Waals surface area (Å²) in [5.74, 6) is -1.06. The molecule has 120 valence electrons. The van der Waals surface area contributed by atoms with Gasteiger partial charge in [0, 0.05) is 24.7 Å². The van der Waals surface area contributed by atoms with E-state index in [2.05, 4.69) is 21.2 Å². The lowest BCUT2D eigenvalue weighted by Gasteiger charge is -2.08. The minimum absolute atomic E-state index is 0.0582. The molecule has 2 rings (SSSR count). The fraction of sp³-hybridized carbons (Fsp3) is 0.188. The van der Waals surface area contributed by atoms with Crippen LogP contribution in [0.5, 0.6) is 0 Å². The smallest absolute Gasteiger partial charge is 0.286 e. The van der Waals surface area contributed by atoms with Crippen molar-refractivity contribution in [2.24, 2.45) is 0 Å². The molecule has 0 atom stereocenters. The van der Waals surface area contributed by atoms with Gasteiger partial charge in [0.25, 0.3) is 11.8 Å². The molecule has 0 aliphatic carbocycles. The van der Waals surface area contributed by atoms with Gasteiger partial charge in [-0.25, -0.2) is 0 Å². The number of carbonyl (C=O) groups excluding carboxylic acids is 3. The van der Waals surface area contributed by atoms with Crippen LogP contribution in [0.3, 0.4) is 0 Å². The highest BCUT2D eigenvalue weighted by Crippen LogP contribution is 2.06. The number of aryl methyl sites for hydroxylation is 1. The summed E-state index contributed by atoms with van der Waals surface area (Å²) in [5, 5.41) is 2.67. The van der Waals surface area contributed by atoms with E-state index in [9.17, 15) is 14.4 Å². The number of H-pyrrole nitrogens is 1. The summed E-state index contributed by atoms with van der Waals surface area (Å²) in [6.45, 7) is 2.02. The molecule has 23 heavy (non-hydrogen) atoms. The van der Waals surface area contributed by atoms with Crippen LogP contribution in [0.1, 0.15) is 32.8 Å². The maximum absolute atomic E-state index is 12.0. The van der Waals surface area contributed by atoms with Gasteiger partial charge < -0.3 is 10.3 Å². The Morgan fingerprint density at radius 1 is 1.00 bits per heavy atom. The normalized spacial score (nSPS) is 9.96. The molecule has 1 aromatic heterocycles. The molecule has 0 unspecified atom stereocenters. The third kappa shape index (κ3) is 4.70. The highest BCUT2D eigenvalue weighted by atomic mass is 16.2. The number of rotatable bonds is 5. The predicted octanol–water partition coefficient (Wildman–Crippen LogP) is 0.904. The molecule has 0 bridgehead atoms. The number of hydrogen-bond acceptors (Lipinski definition) is 3. The molecule has 7 nitrogen and oxygen atoms in total. The van der Waals surface area contributed by atoms with Gasteiger partial charge in [-0.3, -0.25) is 25.2 Å². The lowest BCUT2D eigenvalue weighted by molar-refractivity contribution is -0.121. The van der Waals surface area contributed by atoms with Crippen molar-refractivity contribution < 1.29 is 14.4 Å². The molecule has 1 aromatic carbocycles. The van der Waals surface area contributed by atoms with E-state index >= 15 is 0 Å². The summed E-state index contributed by atoms with van der Waals surface area (Å²) in [4.78, 5) is 37.9. The van der Waals surface area contributed by atoms with Crippen molar-refractivity contribution in [3.05, 3.63) is 59.4 Å². The SMILES string of the molecule is Cc1ccccc1C(=O)NCCC(=O)NNC(=O)c1ccc[nH]1. The first kappa shape index (κ1) is 16.3. The van der Waals surface area contributed by atoms with Crippen LogP contribution < -0.4 is 16.2 Å². The second-order valence-electron chi connectivity index (χ2n) is 4.91. The quantitative estimate of drug-likeness (QED) is 0.617. The monoisotopic (exact) mass is 314 g/mol. The highest BCUT2D eigenvalue weighted by molar-refractivity contribution is 5.96. The Morgan fingerprint density at radius 3 is 2.48 bits per heavy atom. The van der Waals surface area contributed by atoms with E-state index in [4.69, 9.17) is 0 Å². The number of aromatic nitrogens is 1. The first-order valence-electron chi connectivity index (χ1n) is 7.14. The number of benzene rings is 1. The van der Waals surface area contributed by atoms with E-state index in [1.165, 1.54) is 0 Å². The van der Waals surface area contributed by atoms with Crippen molar-refractivity contribution in [1.29, 1.82) is 0 Å². The Hall–Kier alpha value is -3.09. The van der Waals surface area contributed by atoms with E-state index in [-0.39, 0.29) is 18.9 Å². The maximum Gasteiger partial charge on any atom is 0.286 e. The molecule has 1 heterocycles. The maximum atomic E-state index is 12.0. The van der Waals surface area contributed by atoms with Gasteiger partial charge in [-0.05, 0) is 30.7 Å². The Morgan fingerprint density at radius 2 is 1.78 bits per heavy atom. The van der Waals surface area contributed by atoms with Crippen LogP contribution in [0.25, 0.3) is 0 Å². The second kappa shape index (κ2) is 7.79. The molecule has 0 saturated carbocycles. The zero-order chi connectivity index (χ0) is 16.7. The summed E-state index contributed by atoms with van der Waals surface area (Å²) >= 11 is 0. The van der Waals surface area contributed by atoms with Crippen LogP contribution in [0.2, 0.25) is 0 Å². The van der Waals surface area contributed by atoms with E-state index in [0.29, 0.717) is 11.3 Å². The summed E-state index contributed by atoms with van der Waals surface area (Å²) in [5.41, 5.74) is 6.36. The van der Waals surface area contributed by atoms with Crippen LogP contribution in [0.4, 0.5) is 0 Å². The predicted molar refractivity (Wildman–Crippen MR) is 84.5 cm³/mol. The number of amides is 3. The number of hydrazine groups is 1. The van der Waals surface area contributed by atoms with Crippen molar-refractivity contribution in [3.8, 4) is 0 Å². The van der Waals surface area contributed by atoms with E-state index in [1.54, 1.807) is 30.5 Å². The van der Waals surface area contributed by atoms with Crippen molar-refractivity contribution in [2.45, 2.75) is 13.3 Å². The minimum Gasteiger partial charge on any atom is -0.357 e. The van der Waals surface area contributed by atoms with Gasteiger partial charge in [-0.15, -0.1) is 0 Å². The largest absolute Gasteiger partial charge is 0.357 e. The number of carbonyl (C=O) groups is 3. The second-order valence-corrected chi connectivity index (χ2v) is 4.91. The fourth-order valence-corrected chi connectivity index (χ4v) is 1.94. The molecule has 2 aromatic rings. The van der Waals surface area contributed by atoms with Gasteiger partial charge >= 0.3 is 0 Å². The number of nitrogens with one attached hydrogen (secondary N) is 4. The van der Waals surface area contributed by atoms with Gasteiger partial charge in [-0.2, -0.15) is 0 Å². The van der Waals surface area contributed by atoms with Crippen LogP contribution in [-0.2, 0) is 4.79 Å². The average molecular weight is 314 g/mol. The summed E-state index contributed by atoms with van der Waals surface area (Å²) in [6.07, 6.45) is 1.67. The Balaban J connectivity index is 1.70. The van der Waals surface area contributed by atoms with Crippen molar-refractivity contribution in [1.82, 2.24) is 21.2 Å². The standard InChI is InChI=1S/C16H18N4O3/c1-11-5-2-3-6-12(11)15(22)18-10-8-14(21)19-20-16(23)13-7-4-9-17-13/h2-7,9,17H,8,10H2,1H3,(H,18,22)(H,19,21)(H,20,23). The average Bonchev–Trinajstić information content (AvgIpc) is 3.07. The Kier molecular flexibility index (Phi) is 5.51. The van der Waals surface area contributed by atoms with E-state index in [0.717, 1.165) is 5.56 Å². The summed E-state index contributed by atoms with van der Waals surface area (Å²) in [6, 6.07) is 10.5. The van der Waals surface area contributed by atoms with Gasteiger partial charge in [0.15, 0.2) is 0 Å². The van der Waals surface area contributed by atoms with Gasteiger partial charge in [0.2, 0.25) is 5.91 Å². The van der Waals surface area contributed by atoms with Gasteiger partial charge in [-0.1, -0.05) is 18.2 Å². The Bertz CT molecular complexity index is 695. The molecule has 0 radical (unpaired) electrons. The molecule has 0 aliphatic heterocycles. The lowest BCUT2D eigenvalue weighted by atomic mass is 10.1. The fourth-order valence-electron chi connectivity index (χ4n) is 1.94. The minimum atomic E-state index is -0.438. The van der Waals surface area contributed by atoms with Crippen molar-refractivity contribution in [3.63, 3.8) is 0 Å². The zero-order valence-electron chi connectivity index (χ0n) is 12.7. The van der Waals surface area contributed by atoms with Crippen molar-refractivity contribution >= 4 is 17.7 Å². The molecule has 3 amide bonds. The van der Waals surface area contributed by atoms with Crippen molar-refractivity contribution in [2.75, 3.05) is 6.54 Å². The topological polar surface area (TPSA) is 103 Å². The first-order chi connectivity index (χ1) is 11.1. The lowest BCUT2D eigenvalue weighted by Crippen LogP contribution is -2.43. The third-order valence-electron chi connectivity index (χ3n) is 3.19. The number of hydrogen-bond donors (Lipinski definition) is 4. The van der Waals surface area contributed by atoms with Crippen LogP contribution in [0, 0.1) is 6.92 Å². The molecule has 0 aliphatic rings. The van der Waals surface area contributed by atoms with E-state index < -0.39 is 11.8 Å². The van der Waals surface area contributed by atoms with Crippen LogP contribution >= 0.6 is 0 Å².